The summed E-state index contributed by atoms with van der Waals surface area (Å²) in [5.74, 6) is 0.130. The van der Waals surface area contributed by atoms with E-state index in [0.717, 1.165) is 38.2 Å². The van der Waals surface area contributed by atoms with Gasteiger partial charge in [0.25, 0.3) is 5.91 Å². The maximum Gasteiger partial charge on any atom is 0.274 e. The molecule has 1 aromatic carbocycles. The van der Waals surface area contributed by atoms with Crippen molar-refractivity contribution in [3.63, 3.8) is 0 Å². The first-order valence-electron chi connectivity index (χ1n) is 11.5. The van der Waals surface area contributed by atoms with Crippen molar-refractivity contribution in [1.29, 1.82) is 0 Å². The van der Waals surface area contributed by atoms with Crippen molar-refractivity contribution in [1.82, 2.24) is 25.1 Å². The van der Waals surface area contributed by atoms with Gasteiger partial charge in [0.15, 0.2) is 0 Å². The maximum atomic E-state index is 12.9. The molecule has 1 aliphatic rings. The molecule has 2 heterocycles. The number of aryl methyl sites for hydroxylation is 1. The lowest BCUT2D eigenvalue weighted by Gasteiger charge is -2.32. The first-order valence-corrected chi connectivity index (χ1v) is 11.5. The van der Waals surface area contributed by atoms with Gasteiger partial charge in [-0.25, -0.2) is 4.98 Å². The lowest BCUT2D eigenvalue weighted by Crippen LogP contribution is -2.45. The van der Waals surface area contributed by atoms with Gasteiger partial charge in [-0.05, 0) is 31.2 Å². The van der Waals surface area contributed by atoms with Crippen molar-refractivity contribution >= 4 is 11.8 Å². The molecule has 7 nitrogen and oxygen atoms in total. The van der Waals surface area contributed by atoms with Crippen LogP contribution in [0.2, 0.25) is 0 Å². The molecule has 0 bridgehead atoms. The summed E-state index contributed by atoms with van der Waals surface area (Å²) in [6.45, 7) is 9.83. The monoisotopic (exact) mass is 437 g/mol. The van der Waals surface area contributed by atoms with E-state index in [2.05, 4.69) is 58.3 Å². The molecule has 172 valence electrons. The number of hydrogen-bond acceptors (Lipinski definition) is 5. The molecule has 1 fully saturated rings. The van der Waals surface area contributed by atoms with Gasteiger partial charge in [-0.15, -0.1) is 0 Å². The van der Waals surface area contributed by atoms with Crippen LogP contribution >= 0.6 is 0 Å². The third kappa shape index (κ3) is 7.41. The lowest BCUT2D eigenvalue weighted by molar-refractivity contribution is -0.122. The molecule has 1 N–H and O–H groups in total. The van der Waals surface area contributed by atoms with Crippen molar-refractivity contribution in [2.24, 2.45) is 5.92 Å². The van der Waals surface area contributed by atoms with Gasteiger partial charge in [0.05, 0.1) is 11.9 Å². The standard InChI is InChI=1S/C25H35N5O2/c1-19(2)17-30(25(32)23-16-26-20(3)15-27-23)14-11-24(31)28-22-9-12-29(13-10-22)18-21-7-5-4-6-8-21/h4-8,15-16,19,22H,9-14,17-18H2,1-3H3,(H,28,31). The normalized spacial score (nSPS) is 15.0. The van der Waals surface area contributed by atoms with Crippen LogP contribution in [0.3, 0.4) is 0 Å². The number of aromatic nitrogens is 2. The van der Waals surface area contributed by atoms with Crippen LogP contribution in [0, 0.1) is 12.8 Å². The quantitative estimate of drug-likeness (QED) is 0.652. The Hall–Kier alpha value is -2.80. The molecule has 0 aliphatic carbocycles. The van der Waals surface area contributed by atoms with Crippen LogP contribution in [0.1, 0.15) is 54.9 Å². The number of piperidine rings is 1. The number of benzene rings is 1. The zero-order chi connectivity index (χ0) is 22.9. The van der Waals surface area contributed by atoms with Crippen LogP contribution in [-0.4, -0.2) is 63.8 Å². The van der Waals surface area contributed by atoms with Gasteiger partial charge >= 0.3 is 0 Å². The summed E-state index contributed by atoms with van der Waals surface area (Å²) in [6, 6.07) is 10.7. The molecule has 0 radical (unpaired) electrons. The van der Waals surface area contributed by atoms with Gasteiger partial charge in [-0.1, -0.05) is 44.2 Å². The molecule has 0 atom stereocenters. The third-order valence-electron chi connectivity index (χ3n) is 5.68. The fourth-order valence-electron chi connectivity index (χ4n) is 3.99. The fourth-order valence-corrected chi connectivity index (χ4v) is 3.99. The molecule has 2 aromatic rings. The fraction of sp³-hybridized carbons (Fsp3) is 0.520. The Morgan fingerprint density at radius 2 is 1.84 bits per heavy atom. The minimum absolute atomic E-state index is 0.00283. The number of carbonyl (C=O) groups is 2. The Morgan fingerprint density at radius 3 is 2.47 bits per heavy atom. The summed E-state index contributed by atoms with van der Waals surface area (Å²) < 4.78 is 0. The zero-order valence-corrected chi connectivity index (χ0v) is 19.5. The van der Waals surface area contributed by atoms with E-state index in [1.54, 1.807) is 11.1 Å². The van der Waals surface area contributed by atoms with Crippen molar-refractivity contribution in [3.8, 4) is 0 Å². The Balaban J connectivity index is 1.45. The highest BCUT2D eigenvalue weighted by Gasteiger charge is 2.23. The first kappa shape index (κ1) is 23.9. The second kappa shape index (κ2) is 11.7. The van der Waals surface area contributed by atoms with Crippen molar-refractivity contribution in [2.75, 3.05) is 26.2 Å². The van der Waals surface area contributed by atoms with Crippen LogP contribution in [0.4, 0.5) is 0 Å². The lowest BCUT2D eigenvalue weighted by atomic mass is 10.0. The molecule has 0 spiro atoms. The van der Waals surface area contributed by atoms with Gasteiger partial charge in [0.1, 0.15) is 5.69 Å². The van der Waals surface area contributed by atoms with E-state index in [1.165, 1.54) is 11.8 Å². The van der Waals surface area contributed by atoms with E-state index in [4.69, 9.17) is 0 Å². The molecule has 32 heavy (non-hydrogen) atoms. The van der Waals surface area contributed by atoms with E-state index in [1.807, 2.05) is 13.0 Å². The number of carbonyl (C=O) groups excluding carboxylic acids is 2. The van der Waals surface area contributed by atoms with Crippen molar-refractivity contribution < 1.29 is 9.59 Å². The van der Waals surface area contributed by atoms with Gasteiger partial charge in [-0.3, -0.25) is 19.5 Å². The molecule has 3 rings (SSSR count). The molecule has 7 heteroatoms. The second-order valence-electron chi connectivity index (χ2n) is 9.04. The molecular formula is C25H35N5O2. The van der Waals surface area contributed by atoms with E-state index >= 15 is 0 Å². The Labute approximate surface area is 191 Å². The predicted octanol–water partition coefficient (Wildman–Crippen LogP) is 3.05. The van der Waals surface area contributed by atoms with Crippen LogP contribution in [0.15, 0.2) is 42.7 Å². The summed E-state index contributed by atoms with van der Waals surface area (Å²) in [6.07, 6.45) is 5.30. The second-order valence-corrected chi connectivity index (χ2v) is 9.04. The smallest absolute Gasteiger partial charge is 0.274 e. The SMILES string of the molecule is Cc1cnc(C(=O)N(CCC(=O)NC2CCN(Cc3ccccc3)CC2)CC(C)C)cn1. The molecule has 2 amide bonds. The Kier molecular flexibility index (Phi) is 8.73. The molecule has 1 saturated heterocycles. The number of nitrogens with zero attached hydrogens (tertiary/aromatic N) is 4. The number of likely N-dealkylation sites (tertiary alicyclic amines) is 1. The predicted molar refractivity (Wildman–Crippen MR) is 125 cm³/mol. The van der Waals surface area contributed by atoms with Crippen molar-refractivity contribution in [3.05, 3.63) is 59.7 Å². The van der Waals surface area contributed by atoms with E-state index in [0.29, 0.717) is 31.1 Å². The molecule has 1 aromatic heterocycles. The Morgan fingerprint density at radius 1 is 1.12 bits per heavy atom. The zero-order valence-electron chi connectivity index (χ0n) is 19.5. The van der Waals surface area contributed by atoms with Crippen LogP contribution in [-0.2, 0) is 11.3 Å². The summed E-state index contributed by atoms with van der Waals surface area (Å²) in [4.78, 5) is 38.0. The average molecular weight is 438 g/mol. The average Bonchev–Trinajstić information content (AvgIpc) is 2.78. The van der Waals surface area contributed by atoms with Gasteiger partial charge in [-0.2, -0.15) is 0 Å². The Bertz CT molecular complexity index is 862. The molecular weight excluding hydrogens is 402 g/mol. The summed E-state index contributed by atoms with van der Waals surface area (Å²) in [7, 11) is 0. The van der Waals surface area contributed by atoms with Gasteiger partial charge < -0.3 is 10.2 Å². The highest BCUT2D eigenvalue weighted by Crippen LogP contribution is 2.14. The van der Waals surface area contributed by atoms with Crippen LogP contribution in [0.5, 0.6) is 0 Å². The van der Waals surface area contributed by atoms with Crippen LogP contribution < -0.4 is 5.32 Å². The molecule has 0 saturated carbocycles. The number of nitrogens with one attached hydrogen (secondary N) is 1. The molecule has 0 unspecified atom stereocenters. The highest BCUT2D eigenvalue weighted by molar-refractivity contribution is 5.92. The number of hydrogen-bond donors (Lipinski definition) is 1. The minimum Gasteiger partial charge on any atom is -0.353 e. The number of rotatable bonds is 9. The first-order chi connectivity index (χ1) is 15.4. The maximum absolute atomic E-state index is 12.9. The van der Waals surface area contributed by atoms with Gasteiger partial charge in [0.2, 0.25) is 5.91 Å². The molecule has 1 aliphatic heterocycles. The number of amides is 2. The van der Waals surface area contributed by atoms with Gasteiger partial charge in [0, 0.05) is 51.4 Å². The van der Waals surface area contributed by atoms with E-state index < -0.39 is 0 Å². The summed E-state index contributed by atoms with van der Waals surface area (Å²) >= 11 is 0. The summed E-state index contributed by atoms with van der Waals surface area (Å²) in [5.41, 5.74) is 2.41. The van der Waals surface area contributed by atoms with E-state index in [9.17, 15) is 9.59 Å². The van der Waals surface area contributed by atoms with E-state index in [-0.39, 0.29) is 17.9 Å². The third-order valence-corrected chi connectivity index (χ3v) is 5.68. The topological polar surface area (TPSA) is 78.4 Å². The highest BCUT2D eigenvalue weighted by atomic mass is 16.2. The largest absolute Gasteiger partial charge is 0.353 e. The summed E-state index contributed by atoms with van der Waals surface area (Å²) in [5, 5.41) is 3.17. The minimum atomic E-state index is -0.173. The van der Waals surface area contributed by atoms with Crippen molar-refractivity contribution in [2.45, 2.75) is 52.6 Å². The van der Waals surface area contributed by atoms with Crippen LogP contribution in [0.25, 0.3) is 0 Å².